The second-order valence-corrected chi connectivity index (χ2v) is 6.73. The van der Waals surface area contributed by atoms with Gasteiger partial charge in [0.1, 0.15) is 5.54 Å². The Labute approximate surface area is 115 Å². The maximum Gasteiger partial charge on any atom is 0.245 e. The second-order valence-electron chi connectivity index (χ2n) is 6.73. The van der Waals surface area contributed by atoms with Crippen LogP contribution in [0.15, 0.2) is 0 Å². The van der Waals surface area contributed by atoms with E-state index in [9.17, 15) is 9.59 Å². The smallest absolute Gasteiger partial charge is 0.245 e. The molecular weight excluding hydrogens is 240 g/mol. The van der Waals surface area contributed by atoms with E-state index in [1.165, 1.54) is 0 Å². The van der Waals surface area contributed by atoms with E-state index in [4.69, 9.17) is 0 Å². The molecule has 0 aromatic heterocycles. The van der Waals surface area contributed by atoms with Gasteiger partial charge in [0.2, 0.25) is 11.8 Å². The molecule has 2 amide bonds. The van der Waals surface area contributed by atoms with Gasteiger partial charge in [-0.3, -0.25) is 9.59 Å². The fourth-order valence-corrected chi connectivity index (χ4v) is 2.99. The zero-order valence-electron chi connectivity index (χ0n) is 12.3. The van der Waals surface area contributed by atoms with E-state index in [1.54, 1.807) is 0 Å². The third-order valence-corrected chi connectivity index (χ3v) is 4.93. The van der Waals surface area contributed by atoms with Gasteiger partial charge < -0.3 is 10.6 Å². The third kappa shape index (κ3) is 2.77. The number of rotatable bonds is 3. The Morgan fingerprint density at radius 1 is 1.37 bits per heavy atom. The molecule has 4 heteroatoms. The Morgan fingerprint density at radius 2 is 1.95 bits per heavy atom. The summed E-state index contributed by atoms with van der Waals surface area (Å²) in [7, 11) is 0. The Balaban J connectivity index is 2.19. The van der Waals surface area contributed by atoms with Crippen LogP contribution in [-0.4, -0.2) is 23.4 Å². The van der Waals surface area contributed by atoms with Gasteiger partial charge in [-0.05, 0) is 44.9 Å². The van der Waals surface area contributed by atoms with Gasteiger partial charge in [-0.1, -0.05) is 20.8 Å². The molecule has 0 aromatic rings. The summed E-state index contributed by atoms with van der Waals surface area (Å²) in [5, 5.41) is 6.19. The van der Waals surface area contributed by atoms with Crippen LogP contribution in [0.25, 0.3) is 0 Å². The summed E-state index contributed by atoms with van der Waals surface area (Å²) in [4.78, 5) is 24.9. The minimum absolute atomic E-state index is 0.00509. The van der Waals surface area contributed by atoms with E-state index in [2.05, 4.69) is 10.6 Å². The molecule has 2 bridgehead atoms. The fourth-order valence-electron chi connectivity index (χ4n) is 2.99. The zero-order chi connectivity index (χ0) is 14.1. The molecule has 0 spiro atoms. The summed E-state index contributed by atoms with van der Waals surface area (Å²) in [5.41, 5.74) is -1.07. The van der Waals surface area contributed by atoms with E-state index in [-0.39, 0.29) is 11.8 Å². The lowest BCUT2D eigenvalue weighted by Gasteiger charge is -2.34. The van der Waals surface area contributed by atoms with Crippen molar-refractivity contribution in [3.8, 4) is 0 Å². The van der Waals surface area contributed by atoms with Crippen molar-refractivity contribution in [3.05, 3.63) is 0 Å². The number of nitrogens with one attached hydrogen (secondary N) is 2. The molecule has 4 nitrogen and oxygen atoms in total. The first-order valence-corrected chi connectivity index (χ1v) is 7.53. The molecule has 0 atom stereocenters. The molecule has 0 radical (unpaired) electrons. The number of amides is 2. The molecule has 2 rings (SSSR count). The highest BCUT2D eigenvalue weighted by Crippen LogP contribution is 2.32. The lowest BCUT2D eigenvalue weighted by molar-refractivity contribution is -0.138. The summed E-state index contributed by atoms with van der Waals surface area (Å²) in [6, 6.07) is 0.313. The average Bonchev–Trinajstić information content (AvgIpc) is 2.57. The largest absolute Gasteiger partial charge is 0.351 e. The SMILES string of the molecule is CCC(C)(C)C(=O)NC12CCCC(CCC1)NC2=O. The minimum atomic E-state index is -0.658. The average molecular weight is 266 g/mol. The minimum Gasteiger partial charge on any atom is -0.351 e. The van der Waals surface area contributed by atoms with E-state index >= 15 is 0 Å². The maximum absolute atomic E-state index is 12.4. The molecule has 0 unspecified atom stereocenters. The molecule has 2 aliphatic rings. The van der Waals surface area contributed by atoms with Crippen LogP contribution in [-0.2, 0) is 9.59 Å². The molecule has 2 heterocycles. The van der Waals surface area contributed by atoms with Gasteiger partial charge in [0.25, 0.3) is 0 Å². The molecule has 108 valence electrons. The number of carbonyl (C=O) groups excluding carboxylic acids is 2. The number of hydrogen-bond acceptors (Lipinski definition) is 2. The second kappa shape index (κ2) is 5.14. The van der Waals surface area contributed by atoms with E-state index in [0.717, 1.165) is 44.9 Å². The predicted octanol–water partition coefficient (Wildman–Crippen LogP) is 2.13. The van der Waals surface area contributed by atoms with Gasteiger partial charge in [-0.25, -0.2) is 0 Å². The Kier molecular flexibility index (Phi) is 3.88. The first kappa shape index (κ1) is 14.4. The quantitative estimate of drug-likeness (QED) is 0.822. The van der Waals surface area contributed by atoms with Crippen molar-refractivity contribution >= 4 is 11.8 Å². The van der Waals surface area contributed by atoms with Crippen molar-refractivity contribution in [1.29, 1.82) is 0 Å². The van der Waals surface area contributed by atoms with Crippen molar-refractivity contribution in [3.63, 3.8) is 0 Å². The van der Waals surface area contributed by atoms with Crippen LogP contribution in [0.3, 0.4) is 0 Å². The molecule has 2 aliphatic heterocycles. The van der Waals surface area contributed by atoms with Crippen molar-refractivity contribution in [2.24, 2.45) is 5.41 Å². The van der Waals surface area contributed by atoms with E-state index < -0.39 is 11.0 Å². The lowest BCUT2D eigenvalue weighted by Crippen LogP contribution is -2.59. The third-order valence-electron chi connectivity index (χ3n) is 4.93. The van der Waals surface area contributed by atoms with Crippen LogP contribution in [0.4, 0.5) is 0 Å². The zero-order valence-corrected chi connectivity index (χ0v) is 12.3. The topological polar surface area (TPSA) is 58.2 Å². The predicted molar refractivity (Wildman–Crippen MR) is 74.6 cm³/mol. The molecule has 19 heavy (non-hydrogen) atoms. The van der Waals surface area contributed by atoms with Crippen molar-refractivity contribution in [2.45, 2.75) is 77.3 Å². The van der Waals surface area contributed by atoms with Crippen LogP contribution in [0.1, 0.15) is 65.7 Å². The number of hydrogen-bond donors (Lipinski definition) is 2. The molecule has 2 N–H and O–H groups in total. The molecule has 0 aliphatic carbocycles. The molecule has 0 saturated carbocycles. The molecule has 0 aromatic carbocycles. The summed E-state index contributed by atoms with van der Waals surface area (Å²) in [6.45, 7) is 5.88. The highest BCUT2D eigenvalue weighted by Gasteiger charge is 2.45. The molecular formula is C15H26N2O2. The van der Waals surface area contributed by atoms with Gasteiger partial charge >= 0.3 is 0 Å². The van der Waals surface area contributed by atoms with Crippen LogP contribution in [0.5, 0.6) is 0 Å². The normalized spacial score (nSPS) is 31.3. The first-order chi connectivity index (χ1) is 8.89. The Morgan fingerprint density at radius 3 is 2.47 bits per heavy atom. The summed E-state index contributed by atoms with van der Waals surface area (Å²) >= 11 is 0. The van der Waals surface area contributed by atoms with Crippen LogP contribution >= 0.6 is 0 Å². The van der Waals surface area contributed by atoms with Crippen LogP contribution in [0.2, 0.25) is 0 Å². The van der Waals surface area contributed by atoms with Gasteiger partial charge in [0, 0.05) is 11.5 Å². The Bertz CT molecular complexity index is 366. The fraction of sp³-hybridized carbons (Fsp3) is 0.867. The first-order valence-electron chi connectivity index (χ1n) is 7.53. The van der Waals surface area contributed by atoms with Crippen LogP contribution < -0.4 is 10.6 Å². The summed E-state index contributed by atoms with van der Waals surface area (Å²) in [6.07, 6.45) is 6.44. The number of carbonyl (C=O) groups is 2. The van der Waals surface area contributed by atoms with E-state index in [1.807, 2.05) is 20.8 Å². The standard InChI is InChI=1S/C15H26N2O2/c1-4-14(2,3)12(18)17-15-9-5-7-11(8-6-10-15)16-13(15)19/h11H,4-10H2,1-3H3,(H,16,19)(H,17,18). The number of fused-ring (bicyclic) bond motifs is 3. The lowest BCUT2D eigenvalue weighted by atomic mass is 9.82. The van der Waals surface area contributed by atoms with Gasteiger partial charge in [-0.2, -0.15) is 0 Å². The Hall–Kier alpha value is -1.06. The van der Waals surface area contributed by atoms with E-state index in [0.29, 0.717) is 6.04 Å². The van der Waals surface area contributed by atoms with Crippen molar-refractivity contribution in [2.75, 3.05) is 0 Å². The summed E-state index contributed by atoms with van der Waals surface area (Å²) in [5.74, 6) is 0.0400. The molecule has 2 saturated heterocycles. The molecule has 2 fully saturated rings. The highest BCUT2D eigenvalue weighted by atomic mass is 16.2. The summed E-state index contributed by atoms with van der Waals surface area (Å²) < 4.78 is 0. The van der Waals surface area contributed by atoms with Gasteiger partial charge in [0.15, 0.2) is 0 Å². The van der Waals surface area contributed by atoms with Crippen molar-refractivity contribution < 1.29 is 9.59 Å². The van der Waals surface area contributed by atoms with Gasteiger partial charge in [-0.15, -0.1) is 0 Å². The monoisotopic (exact) mass is 266 g/mol. The van der Waals surface area contributed by atoms with Crippen LogP contribution in [0, 0.1) is 5.41 Å². The maximum atomic E-state index is 12.4. The van der Waals surface area contributed by atoms with Gasteiger partial charge in [0.05, 0.1) is 0 Å². The highest BCUT2D eigenvalue weighted by molar-refractivity contribution is 5.93. The van der Waals surface area contributed by atoms with Crippen molar-refractivity contribution in [1.82, 2.24) is 10.6 Å².